The van der Waals surface area contributed by atoms with E-state index >= 15 is 0 Å². The van der Waals surface area contributed by atoms with Crippen molar-refractivity contribution in [3.05, 3.63) is 117 Å². The van der Waals surface area contributed by atoms with Crippen LogP contribution in [-0.2, 0) is 11.1 Å². The van der Waals surface area contributed by atoms with Crippen LogP contribution in [0, 0.1) is 11.8 Å². The van der Waals surface area contributed by atoms with Crippen LogP contribution in [0.2, 0.25) is 10.0 Å². The Balaban J connectivity index is 0.000000159. The lowest BCUT2D eigenvalue weighted by molar-refractivity contribution is 0.228. The SMILES string of the molecule is CC(C)[C@H]1CN(C)C(=O)N1c1ccnc(NC2(c3cn(-c4cc(Cl)cc(Br)c4)cn3)CC2)n1.CC(C)[C@H]1CN(C)C(=O)N1c1ccnc(NC2(c3cn(-c4cc(Cl)cc(C5CC5)c4)cn3)CC2)n1. The number of hydrogen-bond acceptors (Lipinski definition) is 10. The lowest BCUT2D eigenvalue weighted by atomic mass is 10.0. The van der Waals surface area contributed by atoms with E-state index in [0.29, 0.717) is 59.4 Å². The maximum Gasteiger partial charge on any atom is 0.325 e. The number of carbonyl (C=O) groups excluding carboxylic acids is 2. The number of benzene rings is 2. The van der Waals surface area contributed by atoms with Gasteiger partial charge in [-0.25, -0.2) is 29.5 Å². The van der Waals surface area contributed by atoms with Crippen molar-refractivity contribution < 1.29 is 9.59 Å². The van der Waals surface area contributed by atoms with Gasteiger partial charge in [-0.3, -0.25) is 9.80 Å². The molecule has 16 nitrogen and oxygen atoms in total. The molecule has 19 heteroatoms. The molecule has 5 fully saturated rings. The summed E-state index contributed by atoms with van der Waals surface area (Å²) in [6, 6.07) is 15.7. The third-order valence-corrected chi connectivity index (χ3v) is 14.6. The van der Waals surface area contributed by atoms with Crippen LogP contribution in [-0.4, -0.2) is 100 Å². The fourth-order valence-electron chi connectivity index (χ4n) is 9.25. The van der Waals surface area contributed by atoms with Crippen LogP contribution in [0.1, 0.15) is 89.1 Å². The van der Waals surface area contributed by atoms with Gasteiger partial charge in [0.2, 0.25) is 11.9 Å². The number of amides is 4. The molecule has 6 aromatic rings. The van der Waals surface area contributed by atoms with E-state index in [2.05, 4.69) is 87.5 Å². The van der Waals surface area contributed by atoms with Gasteiger partial charge in [0, 0.05) is 77.9 Å². The maximum atomic E-state index is 12.8. The predicted octanol–water partition coefficient (Wildman–Crippen LogP) is 10.3. The second kappa shape index (κ2) is 17.9. The minimum absolute atomic E-state index is 0.0275. The Labute approximate surface area is 414 Å². The van der Waals surface area contributed by atoms with E-state index in [4.69, 9.17) is 38.2 Å². The number of nitrogens with one attached hydrogen (secondary N) is 2. The Kier molecular flexibility index (Phi) is 12.1. The number of rotatable bonds is 13. The molecule has 2 aromatic carbocycles. The van der Waals surface area contributed by atoms with Crippen LogP contribution in [0.4, 0.5) is 33.1 Å². The minimum atomic E-state index is -0.317. The molecule has 4 aromatic heterocycles. The number of carbonyl (C=O) groups is 2. The molecule has 0 unspecified atom stereocenters. The fraction of sp³-hybridized carbons (Fsp3) is 0.429. The van der Waals surface area contributed by atoms with Crippen LogP contribution in [0.15, 0.2) is 90.4 Å². The highest BCUT2D eigenvalue weighted by Gasteiger charge is 2.49. The van der Waals surface area contributed by atoms with Crippen LogP contribution < -0.4 is 20.4 Å². The largest absolute Gasteiger partial charge is 0.343 e. The molecule has 4 amide bonds. The van der Waals surface area contributed by atoms with Gasteiger partial charge in [-0.2, -0.15) is 9.97 Å². The summed E-state index contributed by atoms with van der Waals surface area (Å²) in [5.74, 6) is 3.52. The van der Waals surface area contributed by atoms with Crippen molar-refractivity contribution in [3.63, 3.8) is 0 Å². The van der Waals surface area contributed by atoms with Gasteiger partial charge >= 0.3 is 12.1 Å². The normalized spacial score (nSPS) is 20.3. The van der Waals surface area contributed by atoms with Crippen molar-refractivity contribution in [1.82, 2.24) is 48.8 Å². The highest BCUT2D eigenvalue weighted by Crippen LogP contribution is 2.49. The summed E-state index contributed by atoms with van der Waals surface area (Å²) in [5.41, 5.74) is 4.52. The van der Waals surface area contributed by atoms with Crippen LogP contribution in [0.25, 0.3) is 11.4 Å². The molecule has 6 heterocycles. The third kappa shape index (κ3) is 9.24. The first-order chi connectivity index (χ1) is 32.6. The lowest BCUT2D eigenvalue weighted by Gasteiger charge is -2.25. The molecule has 0 radical (unpaired) electrons. The number of urea groups is 2. The minimum Gasteiger partial charge on any atom is -0.343 e. The maximum absolute atomic E-state index is 12.8. The summed E-state index contributed by atoms with van der Waals surface area (Å²) in [6.07, 6.45) is 17.3. The number of nitrogens with zero attached hydrogens (tertiary/aromatic N) is 12. The van der Waals surface area contributed by atoms with E-state index in [1.807, 2.05) is 66.1 Å². The van der Waals surface area contributed by atoms with Crippen molar-refractivity contribution in [1.29, 1.82) is 0 Å². The highest BCUT2D eigenvalue weighted by atomic mass is 79.9. The monoisotopic (exact) mass is 1020 g/mol. The van der Waals surface area contributed by atoms with Crippen molar-refractivity contribution in [2.45, 2.75) is 95.3 Å². The lowest BCUT2D eigenvalue weighted by Crippen LogP contribution is -2.38. The van der Waals surface area contributed by atoms with E-state index in [1.165, 1.54) is 18.4 Å². The summed E-state index contributed by atoms with van der Waals surface area (Å²) >= 11 is 16.1. The van der Waals surface area contributed by atoms with E-state index in [0.717, 1.165) is 57.9 Å². The van der Waals surface area contributed by atoms with E-state index in [9.17, 15) is 9.59 Å². The van der Waals surface area contributed by atoms with Crippen molar-refractivity contribution in [3.8, 4) is 11.4 Å². The number of likely N-dealkylation sites (N-methyl/N-ethyl adjacent to an activating group) is 2. The molecular formula is C49H55BrCl2N14O2. The van der Waals surface area contributed by atoms with E-state index < -0.39 is 0 Å². The average molecular weight is 1020 g/mol. The quantitative estimate of drug-likeness (QED) is 0.114. The fourth-order valence-corrected chi connectivity index (χ4v) is 10.3. The number of aromatic nitrogens is 8. The van der Waals surface area contributed by atoms with Gasteiger partial charge in [-0.15, -0.1) is 0 Å². The molecule has 3 saturated carbocycles. The topological polar surface area (TPSA) is 158 Å². The molecule has 2 atom stereocenters. The van der Waals surface area contributed by atoms with Crippen LogP contribution in [0.5, 0.6) is 0 Å². The summed E-state index contributed by atoms with van der Waals surface area (Å²) in [4.78, 5) is 60.4. The number of hydrogen-bond donors (Lipinski definition) is 2. The molecule has 68 heavy (non-hydrogen) atoms. The van der Waals surface area contributed by atoms with Gasteiger partial charge in [0.25, 0.3) is 0 Å². The molecule has 354 valence electrons. The molecule has 11 rings (SSSR count). The third-order valence-electron chi connectivity index (χ3n) is 13.7. The molecular weight excluding hydrogens is 967 g/mol. The van der Waals surface area contributed by atoms with E-state index in [1.54, 1.807) is 44.4 Å². The van der Waals surface area contributed by atoms with Gasteiger partial charge in [-0.05, 0) is 110 Å². The van der Waals surface area contributed by atoms with Gasteiger partial charge in [-0.1, -0.05) is 66.8 Å². The second-order valence-electron chi connectivity index (χ2n) is 19.6. The van der Waals surface area contributed by atoms with Crippen LogP contribution in [0.3, 0.4) is 0 Å². The zero-order chi connectivity index (χ0) is 47.6. The van der Waals surface area contributed by atoms with Gasteiger partial charge in [0.15, 0.2) is 0 Å². The highest BCUT2D eigenvalue weighted by molar-refractivity contribution is 9.10. The first-order valence-electron chi connectivity index (χ1n) is 23.3. The summed E-state index contributed by atoms with van der Waals surface area (Å²) in [7, 11) is 3.66. The summed E-state index contributed by atoms with van der Waals surface area (Å²) < 4.78 is 4.90. The second-order valence-corrected chi connectivity index (χ2v) is 21.3. The Morgan fingerprint density at radius 1 is 0.647 bits per heavy atom. The van der Waals surface area contributed by atoms with Crippen LogP contribution >= 0.6 is 39.1 Å². The standard InChI is InChI=1S/C26H30ClN7O.C23H25BrClN7O/c1-16(2)21-13-32(3)25(35)34(21)23-6-9-28-24(30-23)31-26(7-8-26)22-14-33(15-29-22)20-11-18(17-4-5-17)10-19(27)12-20;1-14(2)18-11-30(3)22(33)32(18)20-4-7-26-21(28-20)29-23(5-6-23)19-12-31(13-27-19)17-9-15(24)8-16(25)10-17/h6,9-12,14-17,21H,4-5,7-8,13H2,1-3H3,(H,28,30,31);4,7-10,12-14,18H,5-6,11H2,1-3H3,(H,26,28,29)/t21-;18-/m11/s1. The van der Waals surface area contributed by atoms with Crippen molar-refractivity contribution >= 4 is 74.7 Å². The number of halogens is 3. The van der Waals surface area contributed by atoms with Gasteiger partial charge in [0.05, 0.1) is 47.2 Å². The summed E-state index contributed by atoms with van der Waals surface area (Å²) in [6.45, 7) is 9.89. The average Bonchev–Trinajstić information content (AvgIpc) is 4.27. The molecule has 2 aliphatic heterocycles. The molecule has 2 N–H and O–H groups in total. The molecule has 2 saturated heterocycles. The summed E-state index contributed by atoms with van der Waals surface area (Å²) in [5, 5.41) is 8.41. The van der Waals surface area contributed by atoms with Gasteiger partial charge < -0.3 is 29.6 Å². The smallest absolute Gasteiger partial charge is 0.325 e. The number of anilines is 4. The molecule has 0 bridgehead atoms. The Morgan fingerprint density at radius 3 is 1.53 bits per heavy atom. The first kappa shape index (κ1) is 46.0. The van der Waals surface area contributed by atoms with Crippen molar-refractivity contribution in [2.24, 2.45) is 11.8 Å². The van der Waals surface area contributed by atoms with Gasteiger partial charge in [0.1, 0.15) is 11.6 Å². The molecule has 5 aliphatic rings. The zero-order valence-electron chi connectivity index (χ0n) is 38.9. The predicted molar refractivity (Wildman–Crippen MR) is 268 cm³/mol. The van der Waals surface area contributed by atoms with Crippen molar-refractivity contribution in [2.75, 3.05) is 47.6 Å². The Bertz CT molecular complexity index is 2850. The molecule has 3 aliphatic carbocycles. The first-order valence-corrected chi connectivity index (χ1v) is 24.8. The molecule has 0 spiro atoms. The Hall–Kier alpha value is -5.78. The zero-order valence-corrected chi connectivity index (χ0v) is 42.0. The number of imidazole rings is 2. The Morgan fingerprint density at radius 2 is 1.10 bits per heavy atom. The van der Waals surface area contributed by atoms with E-state index in [-0.39, 0.29) is 35.2 Å².